The van der Waals surface area contributed by atoms with E-state index in [1.165, 1.54) is 0 Å². The van der Waals surface area contributed by atoms with Crippen LogP contribution in [0.2, 0.25) is 0 Å². The minimum atomic E-state index is 0.675. The summed E-state index contributed by atoms with van der Waals surface area (Å²) in [6, 6.07) is 3.90. The quantitative estimate of drug-likeness (QED) is 0.794. The minimum Gasteiger partial charge on any atom is -0.349 e. The maximum Gasteiger partial charge on any atom is 0.243 e. The van der Waals surface area contributed by atoms with Crippen molar-refractivity contribution in [1.29, 1.82) is 0 Å². The first-order valence-corrected chi connectivity index (χ1v) is 4.79. The Bertz CT molecular complexity index is 410. The van der Waals surface area contributed by atoms with Gasteiger partial charge in [-0.1, -0.05) is 11.2 Å². The standard InChI is InChI=1S/C9H12N6/c1-2-15-9(12-13-14-15)11-7-8-4-3-5-10-6-8/h3-6H,2,7H2,1H3,(H,11,12,14). The van der Waals surface area contributed by atoms with Crippen molar-refractivity contribution in [2.24, 2.45) is 0 Å². The van der Waals surface area contributed by atoms with E-state index in [-0.39, 0.29) is 0 Å². The van der Waals surface area contributed by atoms with Crippen LogP contribution in [0.5, 0.6) is 0 Å². The molecule has 0 atom stereocenters. The number of nitrogens with zero attached hydrogens (tertiary/aromatic N) is 5. The van der Waals surface area contributed by atoms with Crippen LogP contribution in [0.4, 0.5) is 5.95 Å². The van der Waals surface area contributed by atoms with Crippen molar-refractivity contribution in [3.63, 3.8) is 0 Å². The molecular formula is C9H12N6. The molecule has 0 unspecified atom stereocenters. The second-order valence-corrected chi connectivity index (χ2v) is 3.03. The molecule has 0 aliphatic heterocycles. The van der Waals surface area contributed by atoms with Crippen LogP contribution < -0.4 is 5.32 Å². The van der Waals surface area contributed by atoms with Crippen molar-refractivity contribution < 1.29 is 0 Å². The molecule has 0 saturated carbocycles. The van der Waals surface area contributed by atoms with Crippen LogP contribution in [0, 0.1) is 0 Å². The lowest BCUT2D eigenvalue weighted by Crippen LogP contribution is -2.07. The molecule has 0 aromatic carbocycles. The molecule has 15 heavy (non-hydrogen) atoms. The summed E-state index contributed by atoms with van der Waals surface area (Å²) in [6.45, 7) is 3.42. The van der Waals surface area contributed by atoms with Crippen LogP contribution in [0.1, 0.15) is 12.5 Å². The molecule has 0 radical (unpaired) electrons. The molecule has 2 aromatic heterocycles. The first-order valence-electron chi connectivity index (χ1n) is 4.79. The summed E-state index contributed by atoms with van der Waals surface area (Å²) in [7, 11) is 0. The van der Waals surface area contributed by atoms with Gasteiger partial charge >= 0.3 is 0 Å². The molecule has 0 spiro atoms. The molecule has 1 N–H and O–H groups in total. The molecule has 2 rings (SSSR count). The van der Waals surface area contributed by atoms with Crippen LogP contribution in [0.25, 0.3) is 0 Å². The molecule has 0 amide bonds. The van der Waals surface area contributed by atoms with E-state index in [1.807, 2.05) is 25.3 Å². The van der Waals surface area contributed by atoms with Gasteiger partial charge < -0.3 is 5.32 Å². The minimum absolute atomic E-state index is 0.675. The monoisotopic (exact) mass is 204 g/mol. The largest absolute Gasteiger partial charge is 0.349 e. The summed E-state index contributed by atoms with van der Waals surface area (Å²) in [6.07, 6.45) is 3.56. The Labute approximate surface area is 87.3 Å². The van der Waals surface area contributed by atoms with E-state index in [0.717, 1.165) is 12.1 Å². The van der Waals surface area contributed by atoms with Crippen LogP contribution >= 0.6 is 0 Å². The molecule has 0 bridgehead atoms. The highest BCUT2D eigenvalue weighted by Crippen LogP contribution is 2.02. The van der Waals surface area contributed by atoms with Crippen molar-refractivity contribution in [2.45, 2.75) is 20.0 Å². The summed E-state index contributed by atoms with van der Waals surface area (Å²) in [5, 5.41) is 14.4. The number of aryl methyl sites for hydroxylation is 1. The number of hydrogen-bond donors (Lipinski definition) is 1. The van der Waals surface area contributed by atoms with E-state index < -0.39 is 0 Å². The lowest BCUT2D eigenvalue weighted by atomic mass is 10.3. The topological polar surface area (TPSA) is 68.5 Å². The lowest BCUT2D eigenvalue weighted by Gasteiger charge is -2.04. The fourth-order valence-corrected chi connectivity index (χ4v) is 1.23. The summed E-state index contributed by atoms with van der Waals surface area (Å²) in [5.74, 6) is 0.682. The molecule has 0 aliphatic rings. The van der Waals surface area contributed by atoms with Crippen LogP contribution in [0.3, 0.4) is 0 Å². The molecular weight excluding hydrogens is 192 g/mol. The number of pyridine rings is 1. The number of anilines is 1. The molecule has 78 valence electrons. The van der Waals surface area contributed by atoms with E-state index >= 15 is 0 Å². The zero-order valence-electron chi connectivity index (χ0n) is 8.46. The number of rotatable bonds is 4. The summed E-state index contributed by atoms with van der Waals surface area (Å²) < 4.78 is 1.70. The fraction of sp³-hybridized carbons (Fsp3) is 0.333. The average Bonchev–Trinajstić information content (AvgIpc) is 2.75. The van der Waals surface area contributed by atoms with Crippen molar-refractivity contribution in [3.8, 4) is 0 Å². The average molecular weight is 204 g/mol. The Balaban J connectivity index is 1.99. The van der Waals surface area contributed by atoms with Crippen LogP contribution in [-0.2, 0) is 13.1 Å². The first-order chi connectivity index (χ1) is 7.40. The zero-order chi connectivity index (χ0) is 10.5. The highest BCUT2D eigenvalue weighted by atomic mass is 15.6. The van der Waals surface area contributed by atoms with Crippen molar-refractivity contribution in [1.82, 2.24) is 25.2 Å². The van der Waals surface area contributed by atoms with Gasteiger partial charge in [-0.2, -0.15) is 0 Å². The van der Waals surface area contributed by atoms with E-state index in [1.54, 1.807) is 10.9 Å². The Morgan fingerprint density at radius 1 is 1.47 bits per heavy atom. The van der Waals surface area contributed by atoms with Crippen molar-refractivity contribution in [2.75, 3.05) is 5.32 Å². The third-order valence-electron chi connectivity index (χ3n) is 2.00. The second-order valence-electron chi connectivity index (χ2n) is 3.03. The second kappa shape index (κ2) is 4.50. The van der Waals surface area contributed by atoms with Crippen molar-refractivity contribution >= 4 is 5.95 Å². The maximum absolute atomic E-state index is 4.03. The molecule has 0 saturated heterocycles. The zero-order valence-corrected chi connectivity index (χ0v) is 8.46. The Morgan fingerprint density at radius 3 is 3.13 bits per heavy atom. The summed E-state index contributed by atoms with van der Waals surface area (Å²) in [4.78, 5) is 4.03. The van der Waals surface area contributed by atoms with Gasteiger partial charge in [0.25, 0.3) is 0 Å². The SMILES string of the molecule is CCn1nnnc1NCc1cccnc1. The molecule has 0 fully saturated rings. The van der Waals surface area contributed by atoms with Gasteiger partial charge in [-0.05, 0) is 29.0 Å². The van der Waals surface area contributed by atoms with Gasteiger partial charge in [-0.15, -0.1) is 0 Å². The third-order valence-corrected chi connectivity index (χ3v) is 2.00. The summed E-state index contributed by atoms with van der Waals surface area (Å²) >= 11 is 0. The predicted octanol–water partition coefficient (Wildman–Crippen LogP) is 0.700. The Kier molecular flexibility index (Phi) is 2.87. The molecule has 0 aliphatic carbocycles. The fourth-order valence-electron chi connectivity index (χ4n) is 1.23. The van der Waals surface area contributed by atoms with E-state index in [2.05, 4.69) is 25.8 Å². The number of aromatic nitrogens is 5. The van der Waals surface area contributed by atoms with Crippen molar-refractivity contribution in [3.05, 3.63) is 30.1 Å². The van der Waals surface area contributed by atoms with E-state index in [9.17, 15) is 0 Å². The number of tetrazole rings is 1. The Morgan fingerprint density at radius 2 is 2.40 bits per heavy atom. The number of nitrogens with one attached hydrogen (secondary N) is 1. The van der Waals surface area contributed by atoms with Gasteiger partial charge in [0.1, 0.15) is 0 Å². The maximum atomic E-state index is 4.03. The van der Waals surface area contributed by atoms with Gasteiger partial charge in [-0.3, -0.25) is 4.98 Å². The number of hydrogen-bond acceptors (Lipinski definition) is 5. The molecule has 2 aromatic rings. The molecule has 6 nitrogen and oxygen atoms in total. The smallest absolute Gasteiger partial charge is 0.243 e. The van der Waals surface area contributed by atoms with Crippen LogP contribution in [0.15, 0.2) is 24.5 Å². The summed E-state index contributed by atoms with van der Waals surface area (Å²) in [5.41, 5.74) is 1.10. The first kappa shape index (κ1) is 9.57. The van der Waals surface area contributed by atoms with Gasteiger partial charge in [0, 0.05) is 25.5 Å². The van der Waals surface area contributed by atoms with Gasteiger partial charge in [0.15, 0.2) is 0 Å². The highest BCUT2D eigenvalue weighted by Gasteiger charge is 2.02. The molecule has 6 heteroatoms. The Hall–Kier alpha value is -1.98. The lowest BCUT2D eigenvalue weighted by molar-refractivity contribution is 0.629. The molecule has 2 heterocycles. The highest BCUT2D eigenvalue weighted by molar-refractivity contribution is 5.24. The van der Waals surface area contributed by atoms with E-state index in [4.69, 9.17) is 0 Å². The van der Waals surface area contributed by atoms with E-state index in [0.29, 0.717) is 12.5 Å². The normalized spacial score (nSPS) is 10.2. The predicted molar refractivity (Wildman–Crippen MR) is 55.1 cm³/mol. The van der Waals surface area contributed by atoms with Gasteiger partial charge in [-0.25, -0.2) is 4.68 Å². The van der Waals surface area contributed by atoms with Gasteiger partial charge in [0.2, 0.25) is 5.95 Å². The van der Waals surface area contributed by atoms with Gasteiger partial charge in [0.05, 0.1) is 0 Å². The van der Waals surface area contributed by atoms with Crippen LogP contribution in [-0.4, -0.2) is 25.2 Å². The third kappa shape index (κ3) is 2.28.